The third-order valence-corrected chi connectivity index (χ3v) is 4.53. The first-order valence-corrected chi connectivity index (χ1v) is 6.85. The van der Waals surface area contributed by atoms with Crippen LogP contribution in [0, 0.1) is 27.5 Å². The average molecular weight is 389 g/mol. The van der Waals surface area contributed by atoms with Crippen molar-refractivity contribution in [3.8, 4) is 0 Å². The largest absolute Gasteiger partial charge is 0.307 e. The molecule has 1 atom stereocenters. The summed E-state index contributed by atoms with van der Waals surface area (Å²) in [6.07, 6.45) is 2.36. The predicted molar refractivity (Wildman–Crippen MR) is 78.6 cm³/mol. The van der Waals surface area contributed by atoms with E-state index in [0.717, 1.165) is 21.2 Å². The Morgan fingerprint density at radius 1 is 1.50 bits per heavy atom. The molecule has 0 amide bonds. The van der Waals surface area contributed by atoms with E-state index < -0.39 is 11.0 Å². The molecule has 20 heavy (non-hydrogen) atoms. The highest BCUT2D eigenvalue weighted by atomic mass is 127. The standard InChI is InChI=1S/C11H12IN5O3/c1-6-10(12)7(2)16(14-6)11(18)8(3)15-5-9(4-13-15)17(19)20/h4-5,8H,1-3H3/t8-/m1/s1. The highest BCUT2D eigenvalue weighted by Gasteiger charge is 2.23. The van der Waals surface area contributed by atoms with Crippen LogP contribution in [0.3, 0.4) is 0 Å². The van der Waals surface area contributed by atoms with E-state index in [2.05, 4.69) is 32.8 Å². The maximum absolute atomic E-state index is 12.4. The summed E-state index contributed by atoms with van der Waals surface area (Å²) in [5.41, 5.74) is 1.38. The number of hydrogen-bond donors (Lipinski definition) is 0. The van der Waals surface area contributed by atoms with Crippen molar-refractivity contribution < 1.29 is 9.72 Å². The Morgan fingerprint density at radius 2 is 2.15 bits per heavy atom. The molecule has 0 aliphatic carbocycles. The molecule has 0 aliphatic heterocycles. The van der Waals surface area contributed by atoms with Gasteiger partial charge >= 0.3 is 5.69 Å². The van der Waals surface area contributed by atoms with Crippen LogP contribution in [0.5, 0.6) is 0 Å². The van der Waals surface area contributed by atoms with E-state index >= 15 is 0 Å². The summed E-state index contributed by atoms with van der Waals surface area (Å²) in [7, 11) is 0. The molecule has 9 heteroatoms. The maximum atomic E-state index is 12.4. The first-order chi connectivity index (χ1) is 9.32. The molecule has 106 valence electrons. The SMILES string of the molecule is Cc1nn(C(=O)[C@@H](C)n2cc([N+](=O)[O-])cn2)c(C)c1I. The summed E-state index contributed by atoms with van der Waals surface area (Å²) < 4.78 is 3.51. The molecule has 0 saturated heterocycles. The molecule has 0 radical (unpaired) electrons. The summed E-state index contributed by atoms with van der Waals surface area (Å²) in [5.74, 6) is -0.286. The second-order valence-electron chi connectivity index (χ2n) is 4.35. The number of aromatic nitrogens is 4. The smallest absolute Gasteiger partial charge is 0.270 e. The second-order valence-corrected chi connectivity index (χ2v) is 5.43. The lowest BCUT2D eigenvalue weighted by Crippen LogP contribution is -2.25. The van der Waals surface area contributed by atoms with Crippen LogP contribution >= 0.6 is 22.6 Å². The van der Waals surface area contributed by atoms with Gasteiger partial charge in [-0.25, -0.2) is 4.68 Å². The zero-order valence-electron chi connectivity index (χ0n) is 11.1. The minimum absolute atomic E-state index is 0.146. The van der Waals surface area contributed by atoms with Crippen LogP contribution in [0.25, 0.3) is 0 Å². The number of halogens is 1. The molecule has 0 saturated carbocycles. The van der Waals surface area contributed by atoms with Gasteiger partial charge in [0.2, 0.25) is 0 Å². The van der Waals surface area contributed by atoms with E-state index in [4.69, 9.17) is 0 Å². The zero-order chi connectivity index (χ0) is 15.0. The van der Waals surface area contributed by atoms with Gasteiger partial charge in [0, 0.05) is 0 Å². The highest BCUT2D eigenvalue weighted by molar-refractivity contribution is 14.1. The third kappa shape index (κ3) is 2.44. The lowest BCUT2D eigenvalue weighted by molar-refractivity contribution is -0.385. The second kappa shape index (κ2) is 5.31. The van der Waals surface area contributed by atoms with E-state index in [1.54, 1.807) is 13.8 Å². The molecule has 0 bridgehead atoms. The van der Waals surface area contributed by atoms with Crippen molar-refractivity contribution >= 4 is 34.2 Å². The quantitative estimate of drug-likeness (QED) is 0.455. The maximum Gasteiger partial charge on any atom is 0.307 e. The molecule has 0 N–H and O–H groups in total. The van der Waals surface area contributed by atoms with Gasteiger partial charge in [-0.3, -0.25) is 19.6 Å². The Hall–Kier alpha value is -1.78. The molecular weight excluding hydrogens is 377 g/mol. The van der Waals surface area contributed by atoms with Crippen molar-refractivity contribution in [1.82, 2.24) is 19.6 Å². The number of hydrogen-bond acceptors (Lipinski definition) is 5. The Kier molecular flexibility index (Phi) is 3.88. The number of nitrogens with zero attached hydrogens (tertiary/aromatic N) is 5. The Balaban J connectivity index is 2.32. The summed E-state index contributed by atoms with van der Waals surface area (Å²) in [4.78, 5) is 22.5. The van der Waals surface area contributed by atoms with Crippen LogP contribution in [0.1, 0.15) is 29.1 Å². The molecular formula is C11H12IN5O3. The average Bonchev–Trinajstić information content (AvgIpc) is 2.99. The predicted octanol–water partition coefficient (Wildman–Crippen LogP) is 2.11. The van der Waals surface area contributed by atoms with Gasteiger partial charge < -0.3 is 0 Å². The van der Waals surface area contributed by atoms with Gasteiger partial charge in [0.25, 0.3) is 5.91 Å². The van der Waals surface area contributed by atoms with Crippen molar-refractivity contribution in [1.29, 1.82) is 0 Å². The van der Waals surface area contributed by atoms with Gasteiger partial charge in [-0.05, 0) is 43.4 Å². The number of aryl methyl sites for hydroxylation is 1. The molecule has 2 aromatic heterocycles. The molecule has 0 aromatic carbocycles. The van der Waals surface area contributed by atoms with Gasteiger partial charge in [-0.15, -0.1) is 0 Å². The van der Waals surface area contributed by atoms with Crippen LogP contribution in [0.2, 0.25) is 0 Å². The van der Waals surface area contributed by atoms with Crippen LogP contribution < -0.4 is 0 Å². The normalized spacial score (nSPS) is 12.4. The fourth-order valence-corrected chi connectivity index (χ4v) is 2.10. The fraction of sp³-hybridized carbons (Fsp3) is 0.364. The summed E-state index contributed by atoms with van der Waals surface area (Å²) in [6.45, 7) is 5.25. The van der Waals surface area contributed by atoms with Crippen LogP contribution in [-0.2, 0) is 0 Å². The number of carbonyl (C=O) groups excluding carboxylic acids is 1. The van der Waals surface area contributed by atoms with Crippen molar-refractivity contribution in [2.45, 2.75) is 26.8 Å². The molecule has 0 spiro atoms. The molecule has 2 heterocycles. The monoisotopic (exact) mass is 389 g/mol. The topological polar surface area (TPSA) is 95.8 Å². The van der Waals surface area contributed by atoms with E-state index in [9.17, 15) is 14.9 Å². The molecule has 0 fully saturated rings. The summed E-state index contributed by atoms with van der Waals surface area (Å²) >= 11 is 2.13. The minimum Gasteiger partial charge on any atom is -0.270 e. The lowest BCUT2D eigenvalue weighted by atomic mass is 10.3. The molecule has 2 rings (SSSR count). The number of carbonyl (C=O) groups is 1. The van der Waals surface area contributed by atoms with E-state index in [0.29, 0.717) is 0 Å². The van der Waals surface area contributed by atoms with Gasteiger partial charge in [0.1, 0.15) is 18.4 Å². The fourth-order valence-electron chi connectivity index (χ4n) is 1.76. The first-order valence-electron chi connectivity index (χ1n) is 5.77. The Morgan fingerprint density at radius 3 is 2.60 bits per heavy atom. The molecule has 0 aliphatic rings. The van der Waals surface area contributed by atoms with Crippen molar-refractivity contribution in [2.24, 2.45) is 0 Å². The molecule has 2 aromatic rings. The van der Waals surface area contributed by atoms with E-state index in [-0.39, 0.29) is 11.6 Å². The van der Waals surface area contributed by atoms with E-state index in [1.165, 1.54) is 15.6 Å². The highest BCUT2D eigenvalue weighted by Crippen LogP contribution is 2.19. The number of nitro groups is 1. The minimum atomic E-state index is -0.669. The van der Waals surface area contributed by atoms with Crippen LogP contribution in [-0.4, -0.2) is 30.4 Å². The summed E-state index contributed by atoms with van der Waals surface area (Å²) in [6, 6.07) is -0.669. The van der Waals surface area contributed by atoms with Crippen LogP contribution in [0.15, 0.2) is 12.4 Å². The lowest BCUT2D eigenvalue weighted by Gasteiger charge is -2.11. The Labute approximate surface area is 128 Å². The van der Waals surface area contributed by atoms with Gasteiger partial charge in [0.05, 0.1) is 19.9 Å². The van der Waals surface area contributed by atoms with Crippen molar-refractivity contribution in [3.63, 3.8) is 0 Å². The van der Waals surface area contributed by atoms with E-state index in [1.807, 2.05) is 6.92 Å². The molecule has 0 unspecified atom stereocenters. The number of rotatable bonds is 3. The summed E-state index contributed by atoms with van der Waals surface area (Å²) in [5, 5.41) is 18.7. The van der Waals surface area contributed by atoms with Crippen LogP contribution in [0.4, 0.5) is 5.69 Å². The van der Waals surface area contributed by atoms with Gasteiger partial charge in [-0.1, -0.05) is 0 Å². The van der Waals surface area contributed by atoms with Gasteiger partial charge in [-0.2, -0.15) is 10.2 Å². The zero-order valence-corrected chi connectivity index (χ0v) is 13.2. The first kappa shape index (κ1) is 14.6. The van der Waals surface area contributed by atoms with Gasteiger partial charge in [0.15, 0.2) is 0 Å². The van der Waals surface area contributed by atoms with Crippen molar-refractivity contribution in [2.75, 3.05) is 0 Å². The third-order valence-electron chi connectivity index (χ3n) is 2.96. The molecule has 8 nitrogen and oxygen atoms in total. The Bertz CT molecular complexity index is 690. The van der Waals surface area contributed by atoms with Crippen molar-refractivity contribution in [3.05, 3.63) is 37.5 Å².